The summed E-state index contributed by atoms with van der Waals surface area (Å²) in [5, 5.41) is 0. The summed E-state index contributed by atoms with van der Waals surface area (Å²) >= 11 is 0. The Hall–Kier alpha value is -3.47. The van der Waals surface area contributed by atoms with Gasteiger partial charge < -0.3 is 9.47 Å². The number of halogens is 1. The largest absolute Gasteiger partial charge is 0.342 e. The van der Waals surface area contributed by atoms with E-state index in [9.17, 15) is 9.18 Å². The second-order valence-electron chi connectivity index (χ2n) is 9.84. The van der Waals surface area contributed by atoms with E-state index < -0.39 is 0 Å². The molecule has 2 aliphatic rings. The Balaban J connectivity index is 1.32. The van der Waals surface area contributed by atoms with Gasteiger partial charge in [-0.15, -0.1) is 0 Å². The number of hydrogen-bond donors (Lipinski definition) is 0. The van der Waals surface area contributed by atoms with Crippen LogP contribution in [-0.2, 0) is 11.3 Å². The molecule has 5 heteroatoms. The first kappa shape index (κ1) is 21.1. The van der Waals surface area contributed by atoms with Crippen molar-refractivity contribution in [2.75, 3.05) is 13.1 Å². The predicted octanol–water partition coefficient (Wildman–Crippen LogP) is 6.08. The predicted molar refractivity (Wildman–Crippen MR) is 133 cm³/mol. The Bertz CT molecular complexity index is 1350. The van der Waals surface area contributed by atoms with Gasteiger partial charge in [-0.2, -0.15) is 0 Å². The number of likely N-dealkylation sites (tertiary alicyclic amines) is 1. The zero-order valence-corrected chi connectivity index (χ0v) is 19.4. The molecule has 6 rings (SSSR count). The second-order valence-corrected chi connectivity index (χ2v) is 9.84. The Labute approximate surface area is 199 Å². The minimum Gasteiger partial charge on any atom is -0.342 e. The van der Waals surface area contributed by atoms with Gasteiger partial charge in [0.05, 0.1) is 11.0 Å². The first-order valence-corrected chi connectivity index (χ1v) is 12.2. The fourth-order valence-corrected chi connectivity index (χ4v) is 5.12. The Kier molecular flexibility index (Phi) is 5.20. The Morgan fingerprint density at radius 2 is 1.62 bits per heavy atom. The summed E-state index contributed by atoms with van der Waals surface area (Å²) < 4.78 is 15.6. The number of amides is 1. The van der Waals surface area contributed by atoms with E-state index in [-0.39, 0.29) is 11.7 Å². The minimum atomic E-state index is -0.228. The molecule has 1 saturated heterocycles. The number of aryl methyl sites for hydroxylation is 1. The highest BCUT2D eigenvalue weighted by atomic mass is 19.1. The highest BCUT2D eigenvalue weighted by Gasteiger charge is 2.36. The summed E-state index contributed by atoms with van der Waals surface area (Å²) in [5.41, 5.74) is 6.44. The lowest BCUT2D eigenvalue weighted by molar-refractivity contribution is -0.131. The van der Waals surface area contributed by atoms with E-state index in [0.29, 0.717) is 11.8 Å². The van der Waals surface area contributed by atoms with Gasteiger partial charge in [0, 0.05) is 31.1 Å². The van der Waals surface area contributed by atoms with E-state index in [2.05, 4.69) is 58.9 Å². The normalized spacial score (nSPS) is 18.1. The van der Waals surface area contributed by atoms with Crippen LogP contribution in [0.25, 0.3) is 33.5 Å². The van der Waals surface area contributed by atoms with E-state index in [1.165, 1.54) is 17.7 Å². The molecule has 1 aliphatic carbocycles. The molecule has 1 aromatic heterocycles. The van der Waals surface area contributed by atoms with Crippen LogP contribution in [0.1, 0.15) is 24.8 Å². The number of rotatable bonds is 5. The number of hydrogen-bond acceptors (Lipinski definition) is 2. The fourth-order valence-electron chi connectivity index (χ4n) is 5.12. The SMILES string of the molecule is Cc1ccc2nc(-c3ccc(-c4ccc(F)cc4)cc3)n(C[C@@H]3CCN(C(=O)C4CC4)C3)c2c1. The summed E-state index contributed by atoms with van der Waals surface area (Å²) in [6.45, 7) is 4.67. The number of carbonyl (C=O) groups excluding carboxylic acids is 1. The van der Waals surface area contributed by atoms with Crippen molar-refractivity contribution in [1.82, 2.24) is 14.5 Å². The van der Waals surface area contributed by atoms with Crippen LogP contribution >= 0.6 is 0 Å². The van der Waals surface area contributed by atoms with Gasteiger partial charge in [-0.05, 0) is 73.1 Å². The van der Waals surface area contributed by atoms with E-state index in [1.807, 2.05) is 0 Å². The topological polar surface area (TPSA) is 38.1 Å². The van der Waals surface area contributed by atoms with E-state index in [4.69, 9.17) is 4.98 Å². The highest BCUT2D eigenvalue weighted by molar-refractivity contribution is 5.82. The van der Waals surface area contributed by atoms with Gasteiger partial charge in [0.2, 0.25) is 5.91 Å². The molecule has 4 aromatic rings. The molecular weight excluding hydrogens is 425 g/mol. The van der Waals surface area contributed by atoms with Gasteiger partial charge in [-0.1, -0.05) is 42.5 Å². The van der Waals surface area contributed by atoms with Gasteiger partial charge >= 0.3 is 0 Å². The highest BCUT2D eigenvalue weighted by Crippen LogP contribution is 2.34. The first-order valence-electron chi connectivity index (χ1n) is 12.2. The van der Waals surface area contributed by atoms with Crippen molar-refractivity contribution in [2.45, 2.75) is 32.7 Å². The van der Waals surface area contributed by atoms with Gasteiger partial charge in [0.25, 0.3) is 0 Å². The van der Waals surface area contributed by atoms with Crippen molar-refractivity contribution >= 4 is 16.9 Å². The molecule has 2 heterocycles. The molecule has 0 bridgehead atoms. The third kappa shape index (κ3) is 4.00. The van der Waals surface area contributed by atoms with Gasteiger partial charge in [0.1, 0.15) is 11.6 Å². The second kappa shape index (κ2) is 8.39. The third-order valence-electron chi connectivity index (χ3n) is 7.19. The fraction of sp³-hybridized carbons (Fsp3) is 0.310. The maximum atomic E-state index is 13.3. The molecule has 4 nitrogen and oxygen atoms in total. The number of benzene rings is 3. The van der Waals surface area contributed by atoms with Gasteiger partial charge in [-0.3, -0.25) is 4.79 Å². The summed E-state index contributed by atoms with van der Waals surface area (Å²) in [7, 11) is 0. The number of carbonyl (C=O) groups is 1. The summed E-state index contributed by atoms with van der Waals surface area (Å²) in [4.78, 5) is 19.6. The third-order valence-corrected chi connectivity index (χ3v) is 7.19. The van der Waals surface area contributed by atoms with Crippen LogP contribution in [-0.4, -0.2) is 33.4 Å². The van der Waals surface area contributed by atoms with Crippen LogP contribution in [0, 0.1) is 24.6 Å². The average molecular weight is 454 g/mol. The van der Waals surface area contributed by atoms with Crippen molar-refractivity contribution < 1.29 is 9.18 Å². The molecule has 1 atom stereocenters. The standard InChI is InChI=1S/C29H28FN3O/c1-19-2-13-26-27(16-19)33(18-20-14-15-32(17-20)29(34)24-7-8-24)28(31-26)23-5-3-21(4-6-23)22-9-11-25(30)12-10-22/h2-6,9-13,16,20,24H,7-8,14-15,17-18H2,1H3/t20-/m1/s1. The van der Waals surface area contributed by atoms with E-state index >= 15 is 0 Å². The van der Waals surface area contributed by atoms with Crippen LogP contribution in [0.3, 0.4) is 0 Å². The molecule has 0 radical (unpaired) electrons. The molecule has 1 aliphatic heterocycles. The van der Waals surface area contributed by atoms with Crippen molar-refractivity contribution in [3.63, 3.8) is 0 Å². The molecule has 1 saturated carbocycles. The van der Waals surface area contributed by atoms with Crippen LogP contribution in [0.5, 0.6) is 0 Å². The monoisotopic (exact) mass is 453 g/mol. The minimum absolute atomic E-state index is 0.228. The number of nitrogens with zero attached hydrogens (tertiary/aromatic N) is 3. The van der Waals surface area contributed by atoms with Crippen molar-refractivity contribution in [3.8, 4) is 22.5 Å². The molecule has 34 heavy (non-hydrogen) atoms. The van der Waals surface area contributed by atoms with Crippen LogP contribution in [0.2, 0.25) is 0 Å². The maximum Gasteiger partial charge on any atom is 0.225 e. The molecule has 1 amide bonds. The zero-order valence-electron chi connectivity index (χ0n) is 19.4. The van der Waals surface area contributed by atoms with Crippen LogP contribution in [0.4, 0.5) is 4.39 Å². The maximum absolute atomic E-state index is 13.3. The lowest BCUT2D eigenvalue weighted by Crippen LogP contribution is -2.30. The number of imidazole rings is 1. The Morgan fingerprint density at radius 1 is 0.941 bits per heavy atom. The quantitative estimate of drug-likeness (QED) is 0.367. The van der Waals surface area contributed by atoms with Crippen molar-refractivity contribution in [3.05, 3.63) is 78.1 Å². The molecular formula is C29H28FN3O. The molecule has 3 aromatic carbocycles. The first-order chi connectivity index (χ1) is 16.5. The molecule has 172 valence electrons. The lowest BCUT2D eigenvalue weighted by atomic mass is 10.0. The van der Waals surface area contributed by atoms with Crippen LogP contribution in [0.15, 0.2) is 66.7 Å². The van der Waals surface area contributed by atoms with Crippen molar-refractivity contribution in [2.24, 2.45) is 11.8 Å². The van der Waals surface area contributed by atoms with Crippen LogP contribution < -0.4 is 0 Å². The van der Waals surface area contributed by atoms with Gasteiger partial charge in [0.15, 0.2) is 0 Å². The molecule has 0 spiro atoms. The molecule has 2 fully saturated rings. The molecule has 0 unspecified atom stereocenters. The smallest absolute Gasteiger partial charge is 0.225 e. The lowest BCUT2D eigenvalue weighted by Gasteiger charge is -2.18. The summed E-state index contributed by atoms with van der Waals surface area (Å²) in [5.74, 6) is 1.79. The summed E-state index contributed by atoms with van der Waals surface area (Å²) in [6, 6.07) is 21.3. The summed E-state index contributed by atoms with van der Waals surface area (Å²) in [6.07, 6.45) is 3.15. The molecule has 0 N–H and O–H groups in total. The van der Waals surface area contributed by atoms with Gasteiger partial charge in [-0.25, -0.2) is 9.37 Å². The number of fused-ring (bicyclic) bond motifs is 1. The Morgan fingerprint density at radius 3 is 2.32 bits per heavy atom. The number of aromatic nitrogens is 2. The zero-order chi connectivity index (χ0) is 23.2. The van der Waals surface area contributed by atoms with E-state index in [0.717, 1.165) is 72.4 Å². The van der Waals surface area contributed by atoms with Crippen molar-refractivity contribution in [1.29, 1.82) is 0 Å². The van der Waals surface area contributed by atoms with E-state index in [1.54, 1.807) is 12.1 Å². The average Bonchev–Trinajstić information content (AvgIpc) is 3.50.